The number of nitrogens with one attached hydrogen (secondary N) is 1. The van der Waals surface area contributed by atoms with Gasteiger partial charge in [0, 0.05) is 18.0 Å². The van der Waals surface area contributed by atoms with E-state index in [0.717, 1.165) is 5.69 Å². The number of aromatic amines is 1. The van der Waals surface area contributed by atoms with Gasteiger partial charge in [0.2, 0.25) is 0 Å². The molecule has 4 heteroatoms. The predicted molar refractivity (Wildman–Crippen MR) is 41.4 cm³/mol. The van der Waals surface area contributed by atoms with Gasteiger partial charge in [-0.1, -0.05) is 13.8 Å². The van der Waals surface area contributed by atoms with Gasteiger partial charge in [0.1, 0.15) is 0 Å². The Kier molecular flexibility index (Phi) is 1.87. The lowest BCUT2D eigenvalue weighted by atomic mass is 9.90. The van der Waals surface area contributed by atoms with Gasteiger partial charge in [-0.3, -0.25) is 0 Å². The molecule has 0 fully saturated rings. The third-order valence-corrected chi connectivity index (χ3v) is 1.76. The molecule has 0 aliphatic heterocycles. The Hall–Kier alpha value is -1.03. The number of hydrogen-bond donors (Lipinski definition) is 2. The second-order valence-electron chi connectivity index (χ2n) is 3.17. The van der Waals surface area contributed by atoms with Crippen LogP contribution in [0, 0.1) is 0 Å². The quantitative estimate of drug-likeness (QED) is 0.642. The fourth-order valence-electron chi connectivity index (χ4n) is 0.726. The molecule has 0 spiro atoms. The highest BCUT2D eigenvalue weighted by Crippen LogP contribution is 2.17. The molecule has 0 aromatic carbocycles. The van der Waals surface area contributed by atoms with E-state index in [1.165, 1.54) is 6.07 Å². The van der Waals surface area contributed by atoms with Gasteiger partial charge in [-0.25, -0.2) is 9.95 Å². The molecule has 3 N–H and O–H groups in total. The largest absolute Gasteiger partial charge is 0.357 e. The lowest BCUT2D eigenvalue weighted by molar-refractivity contribution is 0.366. The van der Waals surface area contributed by atoms with E-state index in [2.05, 4.69) is 9.68 Å². The van der Waals surface area contributed by atoms with Crippen molar-refractivity contribution in [1.29, 1.82) is 0 Å². The average Bonchev–Trinajstić information content (AvgIpc) is 2.36. The van der Waals surface area contributed by atoms with Crippen molar-refractivity contribution in [1.82, 2.24) is 5.16 Å². The average molecular weight is 156 g/mol. The third-order valence-electron chi connectivity index (χ3n) is 1.76. The second-order valence-corrected chi connectivity index (χ2v) is 3.17. The molecule has 1 aromatic rings. The number of rotatable bonds is 2. The van der Waals surface area contributed by atoms with Gasteiger partial charge in [-0.15, -0.1) is 0 Å². The van der Waals surface area contributed by atoms with Crippen molar-refractivity contribution in [2.45, 2.75) is 19.3 Å². The molecule has 0 unspecified atom stereocenters. The van der Waals surface area contributed by atoms with Crippen LogP contribution in [-0.2, 0) is 5.41 Å². The molecular formula is C7H12N2O2. The second kappa shape index (κ2) is 2.54. The maximum Gasteiger partial charge on any atom is 0.357 e. The van der Waals surface area contributed by atoms with E-state index < -0.39 is 0 Å². The Morgan fingerprint density at radius 1 is 1.73 bits per heavy atom. The molecule has 0 bridgehead atoms. The zero-order valence-corrected chi connectivity index (χ0v) is 6.68. The van der Waals surface area contributed by atoms with Crippen LogP contribution in [0.15, 0.2) is 15.4 Å². The van der Waals surface area contributed by atoms with Crippen molar-refractivity contribution in [3.8, 4) is 0 Å². The minimum Gasteiger partial charge on any atom is -0.339 e. The van der Waals surface area contributed by atoms with E-state index in [-0.39, 0.29) is 11.0 Å². The van der Waals surface area contributed by atoms with E-state index in [4.69, 9.17) is 5.73 Å². The summed E-state index contributed by atoms with van der Waals surface area (Å²) in [5.41, 5.74) is 5.65. The lowest BCUT2D eigenvalue weighted by Gasteiger charge is -2.18. The Bertz CT molecular complexity index is 285. The highest BCUT2D eigenvalue weighted by molar-refractivity contribution is 5.10. The van der Waals surface area contributed by atoms with E-state index in [0.29, 0.717) is 6.54 Å². The maximum atomic E-state index is 10.6. The van der Waals surface area contributed by atoms with Crippen LogP contribution in [0.5, 0.6) is 0 Å². The Labute approximate surface area is 64.4 Å². The van der Waals surface area contributed by atoms with Gasteiger partial charge in [-0.05, 0) is 0 Å². The fourth-order valence-corrected chi connectivity index (χ4v) is 0.726. The van der Waals surface area contributed by atoms with Gasteiger partial charge < -0.3 is 10.3 Å². The number of aromatic nitrogens is 1. The molecule has 0 radical (unpaired) electrons. The molecule has 0 atom stereocenters. The lowest BCUT2D eigenvalue weighted by Crippen LogP contribution is -2.28. The molecular weight excluding hydrogens is 144 g/mol. The van der Waals surface area contributed by atoms with Gasteiger partial charge >= 0.3 is 5.63 Å². The van der Waals surface area contributed by atoms with Crippen molar-refractivity contribution in [2.24, 2.45) is 5.73 Å². The Morgan fingerprint density at radius 2 is 2.36 bits per heavy atom. The van der Waals surface area contributed by atoms with Crippen LogP contribution < -0.4 is 11.4 Å². The summed E-state index contributed by atoms with van der Waals surface area (Å²) >= 11 is 0. The molecule has 0 amide bonds. The molecule has 1 heterocycles. The highest BCUT2D eigenvalue weighted by Gasteiger charge is 2.21. The van der Waals surface area contributed by atoms with Gasteiger partial charge in [0.15, 0.2) is 0 Å². The summed E-state index contributed by atoms with van der Waals surface area (Å²) in [6.07, 6.45) is 0. The van der Waals surface area contributed by atoms with Gasteiger partial charge in [-0.2, -0.15) is 0 Å². The molecule has 4 nitrogen and oxygen atoms in total. The molecule has 0 aliphatic carbocycles. The molecule has 0 saturated carbocycles. The Morgan fingerprint density at radius 3 is 2.73 bits per heavy atom. The zero-order chi connectivity index (χ0) is 8.48. The monoisotopic (exact) mass is 156 g/mol. The molecule has 0 aliphatic rings. The topological polar surface area (TPSA) is 72.0 Å². The normalized spacial score (nSPS) is 11.9. The first-order valence-electron chi connectivity index (χ1n) is 3.45. The summed E-state index contributed by atoms with van der Waals surface area (Å²) in [7, 11) is 0. The first-order valence-corrected chi connectivity index (χ1v) is 3.45. The summed E-state index contributed by atoms with van der Waals surface area (Å²) in [6.45, 7) is 4.35. The van der Waals surface area contributed by atoms with E-state index in [9.17, 15) is 4.79 Å². The predicted octanol–water partition coefficient (Wildman–Crippen LogP) is 0.204. The number of H-pyrrole nitrogens is 1. The standard InChI is InChI=1S/C7H12N2O2/c1-7(2,4-8)5-3-6(10)11-9-5/h3,9H,4,8H2,1-2H3. The third kappa shape index (κ3) is 1.51. The zero-order valence-electron chi connectivity index (χ0n) is 6.68. The van der Waals surface area contributed by atoms with Crippen molar-refractivity contribution in [2.75, 3.05) is 6.54 Å². The molecule has 0 saturated heterocycles. The summed E-state index contributed by atoms with van der Waals surface area (Å²) in [4.78, 5) is 10.6. The molecule has 11 heavy (non-hydrogen) atoms. The van der Waals surface area contributed by atoms with Crippen LogP contribution >= 0.6 is 0 Å². The van der Waals surface area contributed by atoms with Crippen LogP contribution in [0.2, 0.25) is 0 Å². The first-order chi connectivity index (χ1) is 5.06. The smallest absolute Gasteiger partial charge is 0.339 e. The minimum atomic E-state index is -0.360. The van der Waals surface area contributed by atoms with E-state index >= 15 is 0 Å². The van der Waals surface area contributed by atoms with Crippen LogP contribution in [0.25, 0.3) is 0 Å². The van der Waals surface area contributed by atoms with E-state index in [1.54, 1.807) is 0 Å². The van der Waals surface area contributed by atoms with Gasteiger partial charge in [0.25, 0.3) is 0 Å². The SMILES string of the molecule is CC(C)(CN)c1cc(=O)o[nH]1. The van der Waals surface area contributed by atoms with Crippen LogP contribution in [0.4, 0.5) is 0 Å². The van der Waals surface area contributed by atoms with Crippen molar-refractivity contribution in [3.05, 3.63) is 22.2 Å². The molecule has 62 valence electrons. The summed E-state index contributed by atoms with van der Waals surface area (Å²) in [5, 5.41) is 2.53. The number of hydrogen-bond acceptors (Lipinski definition) is 3. The number of nitrogens with two attached hydrogens (primary N) is 1. The molecule has 1 aromatic heterocycles. The van der Waals surface area contributed by atoms with E-state index in [1.807, 2.05) is 13.8 Å². The summed E-state index contributed by atoms with van der Waals surface area (Å²) in [5.74, 6) is 0. The van der Waals surface area contributed by atoms with Crippen LogP contribution in [0.3, 0.4) is 0 Å². The molecule has 1 rings (SSSR count). The first kappa shape index (κ1) is 8.07. The van der Waals surface area contributed by atoms with Crippen molar-refractivity contribution in [3.63, 3.8) is 0 Å². The summed E-state index contributed by atoms with van der Waals surface area (Å²) in [6, 6.07) is 1.42. The minimum absolute atomic E-state index is 0.216. The van der Waals surface area contributed by atoms with Gasteiger partial charge in [0.05, 0.1) is 5.69 Å². The fraction of sp³-hybridized carbons (Fsp3) is 0.571. The maximum absolute atomic E-state index is 10.6. The highest BCUT2D eigenvalue weighted by atomic mass is 16.5. The van der Waals surface area contributed by atoms with Crippen LogP contribution in [0.1, 0.15) is 19.5 Å². The summed E-state index contributed by atoms with van der Waals surface area (Å²) < 4.78 is 4.52. The van der Waals surface area contributed by atoms with Crippen molar-refractivity contribution >= 4 is 0 Å². The Balaban J connectivity index is 3.01. The van der Waals surface area contributed by atoms with Crippen LogP contribution in [-0.4, -0.2) is 11.7 Å². The van der Waals surface area contributed by atoms with Crippen molar-refractivity contribution < 1.29 is 4.52 Å².